The number of anilines is 2. The predicted molar refractivity (Wildman–Crippen MR) is 99.2 cm³/mol. The monoisotopic (exact) mass is 388 g/mol. The Balaban J connectivity index is 1.67. The van der Waals surface area contributed by atoms with Gasteiger partial charge in [0.1, 0.15) is 12.0 Å². The molecule has 0 spiro atoms. The third-order valence-electron chi connectivity index (χ3n) is 4.39. The van der Waals surface area contributed by atoms with Crippen LogP contribution in [0.5, 0.6) is 0 Å². The first-order valence-electron chi connectivity index (χ1n) is 8.95. The number of aromatic nitrogens is 1. The molecule has 1 aliphatic rings. The maximum atomic E-state index is 12.2. The van der Waals surface area contributed by atoms with Crippen LogP contribution < -0.4 is 10.2 Å². The first-order valence-corrected chi connectivity index (χ1v) is 8.95. The molecular weight excluding hydrogens is 368 g/mol. The van der Waals surface area contributed by atoms with Crippen LogP contribution in [0.3, 0.4) is 0 Å². The average molecular weight is 388 g/mol. The second-order valence-electron chi connectivity index (χ2n) is 6.37. The van der Waals surface area contributed by atoms with Crippen LogP contribution in [0.4, 0.5) is 17.2 Å². The smallest absolute Gasteiger partial charge is 0.338 e. The Morgan fingerprint density at radius 1 is 1.21 bits per heavy atom. The van der Waals surface area contributed by atoms with E-state index >= 15 is 0 Å². The van der Waals surface area contributed by atoms with Crippen LogP contribution in [0.25, 0.3) is 0 Å². The van der Waals surface area contributed by atoms with Crippen molar-refractivity contribution in [1.29, 1.82) is 0 Å². The second-order valence-corrected chi connectivity index (χ2v) is 6.37. The highest BCUT2D eigenvalue weighted by Gasteiger charge is 2.23. The van der Waals surface area contributed by atoms with Gasteiger partial charge in [-0.3, -0.25) is 14.9 Å². The fourth-order valence-electron chi connectivity index (χ4n) is 3.05. The van der Waals surface area contributed by atoms with Crippen molar-refractivity contribution in [1.82, 2.24) is 5.16 Å². The van der Waals surface area contributed by atoms with Crippen LogP contribution in [0, 0.1) is 10.1 Å². The zero-order valence-electron chi connectivity index (χ0n) is 15.1. The molecule has 1 saturated heterocycles. The lowest BCUT2D eigenvalue weighted by molar-refractivity contribution is -0.384. The Labute approximate surface area is 160 Å². The second kappa shape index (κ2) is 8.98. The van der Waals surface area contributed by atoms with E-state index in [1.165, 1.54) is 24.5 Å². The van der Waals surface area contributed by atoms with Gasteiger partial charge in [-0.1, -0.05) is 18.0 Å². The minimum absolute atomic E-state index is 0.0134. The average Bonchev–Trinajstić information content (AvgIpc) is 3.04. The van der Waals surface area contributed by atoms with Crippen molar-refractivity contribution in [3.05, 3.63) is 46.2 Å². The van der Waals surface area contributed by atoms with Gasteiger partial charge in [-0.15, -0.1) is 0 Å². The van der Waals surface area contributed by atoms with Crippen LogP contribution in [-0.2, 0) is 9.53 Å². The van der Waals surface area contributed by atoms with Crippen LogP contribution in [0.1, 0.15) is 36.0 Å². The van der Waals surface area contributed by atoms with E-state index in [4.69, 9.17) is 4.74 Å². The molecule has 10 nitrogen and oxygen atoms in total. The number of nitro groups is 1. The van der Waals surface area contributed by atoms with Crippen molar-refractivity contribution < 1.29 is 23.8 Å². The summed E-state index contributed by atoms with van der Waals surface area (Å²) in [6.07, 6.45) is 5.44. The van der Waals surface area contributed by atoms with Crippen molar-refractivity contribution in [3.8, 4) is 0 Å². The number of hydrogen-bond donors (Lipinski definition) is 1. The molecule has 0 atom stereocenters. The zero-order valence-corrected chi connectivity index (χ0v) is 15.1. The van der Waals surface area contributed by atoms with Crippen molar-refractivity contribution in [2.24, 2.45) is 0 Å². The summed E-state index contributed by atoms with van der Waals surface area (Å²) in [5.74, 6) is -1.22. The number of amides is 1. The summed E-state index contributed by atoms with van der Waals surface area (Å²) < 4.78 is 9.51. The molecule has 10 heteroatoms. The van der Waals surface area contributed by atoms with Gasteiger partial charge in [0.2, 0.25) is 0 Å². The van der Waals surface area contributed by atoms with Gasteiger partial charge in [-0.2, -0.15) is 0 Å². The minimum atomic E-state index is -0.819. The lowest BCUT2D eigenvalue weighted by Crippen LogP contribution is -2.25. The van der Waals surface area contributed by atoms with E-state index in [9.17, 15) is 19.7 Å². The number of hydrogen-bond acceptors (Lipinski definition) is 8. The molecule has 1 amide bonds. The molecule has 0 radical (unpaired) electrons. The molecule has 2 aromatic rings. The standard InChI is InChI=1S/C18H20N4O6/c23-17(19-16-7-10-28-20-16)12-27-18(24)13-5-6-14(15(11-13)22(25)26)21-8-3-1-2-4-9-21/h5-7,10-11H,1-4,8-9,12H2,(H,19,20,23). The molecule has 1 aromatic carbocycles. The first kappa shape index (κ1) is 19.3. The van der Waals surface area contributed by atoms with Crippen LogP contribution in [0.2, 0.25) is 0 Å². The Bertz CT molecular complexity index is 844. The summed E-state index contributed by atoms with van der Waals surface area (Å²) in [5.41, 5.74) is 0.357. The Morgan fingerprint density at radius 2 is 1.96 bits per heavy atom. The topological polar surface area (TPSA) is 128 Å². The number of benzene rings is 1. The highest BCUT2D eigenvalue weighted by molar-refractivity contribution is 5.95. The molecule has 3 rings (SSSR count). The number of carbonyl (C=O) groups excluding carboxylic acids is 2. The summed E-state index contributed by atoms with van der Waals surface area (Å²) >= 11 is 0. The normalized spacial score (nSPS) is 14.2. The van der Waals surface area contributed by atoms with E-state index in [0.717, 1.165) is 38.8 Å². The third kappa shape index (κ3) is 4.84. The SMILES string of the molecule is O=C(COC(=O)c1ccc(N2CCCCCC2)c([N+](=O)[O-])c1)Nc1ccon1. The molecule has 0 bridgehead atoms. The van der Waals surface area contributed by atoms with Gasteiger partial charge < -0.3 is 19.5 Å². The number of esters is 1. The van der Waals surface area contributed by atoms with Crippen LogP contribution in [-0.4, -0.2) is 41.7 Å². The predicted octanol–water partition coefficient (Wildman–Crippen LogP) is 2.76. The largest absolute Gasteiger partial charge is 0.452 e. The molecule has 1 fully saturated rings. The van der Waals surface area contributed by atoms with Crippen molar-refractivity contribution >= 4 is 29.1 Å². The fourth-order valence-corrected chi connectivity index (χ4v) is 3.05. The van der Waals surface area contributed by atoms with Crippen molar-refractivity contribution in [2.45, 2.75) is 25.7 Å². The van der Waals surface area contributed by atoms with Gasteiger partial charge >= 0.3 is 5.97 Å². The quantitative estimate of drug-likeness (QED) is 0.454. The van der Waals surface area contributed by atoms with Gasteiger partial charge in [0, 0.05) is 25.2 Å². The van der Waals surface area contributed by atoms with Crippen molar-refractivity contribution in [2.75, 3.05) is 29.9 Å². The molecule has 2 heterocycles. The van der Waals surface area contributed by atoms with Crippen LogP contribution in [0.15, 0.2) is 35.1 Å². The van der Waals surface area contributed by atoms with Gasteiger partial charge in [0.25, 0.3) is 11.6 Å². The Morgan fingerprint density at radius 3 is 2.61 bits per heavy atom. The molecule has 28 heavy (non-hydrogen) atoms. The number of nitro benzene ring substituents is 1. The summed E-state index contributed by atoms with van der Waals surface area (Å²) in [5, 5.41) is 17.4. The number of carbonyl (C=O) groups is 2. The lowest BCUT2D eigenvalue weighted by Gasteiger charge is -2.22. The molecular formula is C18H20N4O6. The van der Waals surface area contributed by atoms with E-state index in [-0.39, 0.29) is 17.1 Å². The molecule has 0 unspecified atom stereocenters. The van der Waals surface area contributed by atoms with E-state index in [2.05, 4.69) is 15.0 Å². The number of nitrogens with one attached hydrogen (secondary N) is 1. The Kier molecular flexibility index (Phi) is 6.20. The molecule has 148 valence electrons. The van der Waals surface area contributed by atoms with E-state index in [0.29, 0.717) is 5.69 Å². The maximum absolute atomic E-state index is 12.2. The number of ether oxygens (including phenoxy) is 1. The number of rotatable bonds is 6. The molecule has 1 aliphatic heterocycles. The van der Waals surface area contributed by atoms with E-state index in [1.54, 1.807) is 6.07 Å². The van der Waals surface area contributed by atoms with Crippen molar-refractivity contribution in [3.63, 3.8) is 0 Å². The minimum Gasteiger partial charge on any atom is -0.452 e. The molecule has 1 aromatic heterocycles. The summed E-state index contributed by atoms with van der Waals surface area (Å²) in [4.78, 5) is 36.9. The summed E-state index contributed by atoms with van der Waals surface area (Å²) in [6.45, 7) is 0.938. The lowest BCUT2D eigenvalue weighted by atomic mass is 10.1. The molecule has 0 saturated carbocycles. The highest BCUT2D eigenvalue weighted by Crippen LogP contribution is 2.31. The maximum Gasteiger partial charge on any atom is 0.338 e. The molecule has 1 N–H and O–H groups in total. The van der Waals surface area contributed by atoms with Gasteiger partial charge in [-0.05, 0) is 25.0 Å². The highest BCUT2D eigenvalue weighted by atomic mass is 16.6. The molecule has 0 aliphatic carbocycles. The first-order chi connectivity index (χ1) is 13.5. The van der Waals surface area contributed by atoms with Gasteiger partial charge in [0.05, 0.1) is 10.5 Å². The van der Waals surface area contributed by atoms with E-state index in [1.807, 2.05) is 4.90 Å². The number of nitrogens with zero attached hydrogens (tertiary/aromatic N) is 3. The zero-order chi connectivity index (χ0) is 19.9. The summed E-state index contributed by atoms with van der Waals surface area (Å²) in [7, 11) is 0. The van der Waals surface area contributed by atoms with E-state index < -0.39 is 23.4 Å². The summed E-state index contributed by atoms with van der Waals surface area (Å²) in [6, 6.07) is 5.67. The van der Waals surface area contributed by atoms with Gasteiger partial charge in [-0.25, -0.2) is 4.79 Å². The fraction of sp³-hybridized carbons (Fsp3) is 0.389. The third-order valence-corrected chi connectivity index (χ3v) is 4.39. The van der Waals surface area contributed by atoms with Crippen LogP contribution >= 0.6 is 0 Å². The Hall–Kier alpha value is -3.43. The van der Waals surface area contributed by atoms with Gasteiger partial charge in [0.15, 0.2) is 12.4 Å².